The number of pyridine rings is 1. The van der Waals surface area contributed by atoms with Crippen LogP contribution in [0.3, 0.4) is 0 Å². The molecule has 0 spiro atoms. The molecular weight excluding hydrogens is 464 g/mol. The van der Waals surface area contributed by atoms with Crippen LogP contribution in [0.2, 0.25) is 0 Å². The second kappa shape index (κ2) is 8.19. The number of hydrogen-bond donors (Lipinski definition) is 0. The monoisotopic (exact) mass is 486 g/mol. The van der Waals surface area contributed by atoms with Crippen molar-refractivity contribution < 1.29 is 4.74 Å². The molecule has 0 saturated carbocycles. The molecule has 1 aliphatic heterocycles. The van der Waals surface area contributed by atoms with Gasteiger partial charge >= 0.3 is 0 Å². The molecule has 0 radical (unpaired) electrons. The largest absolute Gasteiger partial charge is 0.456 e. The summed E-state index contributed by atoms with van der Waals surface area (Å²) < 4.78 is 8.55. The molecule has 0 N–H and O–H groups in total. The predicted octanol–water partition coefficient (Wildman–Crippen LogP) is 9.26. The molecule has 5 aromatic carbocycles. The molecule has 0 atom stereocenters. The van der Waals surface area contributed by atoms with Gasteiger partial charge in [-0.3, -0.25) is 0 Å². The van der Waals surface area contributed by atoms with Crippen LogP contribution in [0.15, 0.2) is 134 Å². The molecule has 3 heteroatoms. The summed E-state index contributed by atoms with van der Waals surface area (Å²) in [7, 11) is 0. The maximum Gasteiger partial charge on any atom is 0.137 e. The van der Waals surface area contributed by atoms with Gasteiger partial charge in [0.05, 0.1) is 5.69 Å². The number of ether oxygens (including phenoxy) is 1. The minimum absolute atomic E-state index is 0.899. The molecule has 0 saturated heterocycles. The molecule has 0 aliphatic carbocycles. The smallest absolute Gasteiger partial charge is 0.137 e. The lowest BCUT2D eigenvalue weighted by atomic mass is 9.89. The van der Waals surface area contributed by atoms with Crippen LogP contribution in [0.1, 0.15) is 0 Å². The minimum Gasteiger partial charge on any atom is -0.456 e. The number of fused-ring (bicyclic) bond motifs is 3. The number of imidazole rings is 1. The molecule has 1 aliphatic rings. The molecule has 3 nitrogen and oxygen atoms in total. The third kappa shape index (κ3) is 3.26. The van der Waals surface area contributed by atoms with Crippen LogP contribution in [-0.4, -0.2) is 9.38 Å². The van der Waals surface area contributed by atoms with Gasteiger partial charge in [0.15, 0.2) is 0 Å². The van der Waals surface area contributed by atoms with Crippen LogP contribution in [0, 0.1) is 0 Å². The van der Waals surface area contributed by atoms with Gasteiger partial charge in [0, 0.05) is 28.9 Å². The van der Waals surface area contributed by atoms with E-state index < -0.39 is 0 Å². The van der Waals surface area contributed by atoms with Crippen molar-refractivity contribution in [3.63, 3.8) is 0 Å². The van der Waals surface area contributed by atoms with Crippen molar-refractivity contribution in [2.45, 2.75) is 0 Å². The third-order valence-electron chi connectivity index (χ3n) is 7.46. The van der Waals surface area contributed by atoms with E-state index in [2.05, 4.69) is 108 Å². The van der Waals surface area contributed by atoms with Gasteiger partial charge in [-0.05, 0) is 63.5 Å². The van der Waals surface area contributed by atoms with Crippen LogP contribution in [0.5, 0.6) is 11.5 Å². The Kier molecular flexibility index (Phi) is 4.52. The fourth-order valence-corrected chi connectivity index (χ4v) is 5.59. The predicted molar refractivity (Wildman–Crippen MR) is 155 cm³/mol. The minimum atomic E-state index is 0.899. The number of nitrogens with zero attached hydrogens (tertiary/aromatic N) is 2. The van der Waals surface area contributed by atoms with E-state index >= 15 is 0 Å². The van der Waals surface area contributed by atoms with Gasteiger partial charge < -0.3 is 9.14 Å². The average Bonchev–Trinajstić information content (AvgIpc) is 3.42. The summed E-state index contributed by atoms with van der Waals surface area (Å²) in [5, 5.41) is 2.35. The van der Waals surface area contributed by atoms with E-state index in [-0.39, 0.29) is 0 Å². The lowest BCUT2D eigenvalue weighted by Gasteiger charge is -2.23. The van der Waals surface area contributed by atoms with Gasteiger partial charge in [0.1, 0.15) is 17.1 Å². The van der Waals surface area contributed by atoms with E-state index in [4.69, 9.17) is 9.72 Å². The Morgan fingerprint density at radius 2 is 1.32 bits per heavy atom. The van der Waals surface area contributed by atoms with Crippen LogP contribution in [-0.2, 0) is 0 Å². The first-order valence-electron chi connectivity index (χ1n) is 12.8. The molecule has 0 unspecified atom stereocenters. The Balaban J connectivity index is 1.21. The molecule has 2 aromatic heterocycles. The van der Waals surface area contributed by atoms with Gasteiger partial charge in [-0.25, -0.2) is 4.98 Å². The van der Waals surface area contributed by atoms with Gasteiger partial charge in [-0.1, -0.05) is 91.0 Å². The van der Waals surface area contributed by atoms with Crippen LogP contribution in [0.4, 0.5) is 0 Å². The van der Waals surface area contributed by atoms with Crippen molar-refractivity contribution in [1.29, 1.82) is 0 Å². The molecule has 178 valence electrons. The van der Waals surface area contributed by atoms with Crippen molar-refractivity contribution in [2.75, 3.05) is 0 Å². The summed E-state index contributed by atoms with van der Waals surface area (Å²) in [5.41, 5.74) is 10.1. The fourth-order valence-electron chi connectivity index (χ4n) is 5.59. The lowest BCUT2D eigenvalue weighted by molar-refractivity contribution is 0.487. The second-order valence-electron chi connectivity index (χ2n) is 9.69. The SMILES string of the molecule is c1ccc(-c2ccc3c(c2)Oc2ccc(-c4ccc(-c5cn6ccccc6n5)cc4)c4cccc-3c24)cc1. The number of benzene rings is 5. The standard InChI is InChI=1S/C35H22N2O/c1-2-7-23(8-3-1)26-16-17-28-30-10-6-9-29-27(18-19-32(35(29)30)38-33(28)21-26)24-12-14-25(15-13-24)31-22-37-20-5-4-11-34(37)36-31/h1-22H. The molecule has 0 bridgehead atoms. The summed E-state index contributed by atoms with van der Waals surface area (Å²) in [6.45, 7) is 0. The normalized spacial score (nSPS) is 11.9. The quantitative estimate of drug-likeness (QED) is 0.249. The van der Waals surface area contributed by atoms with Crippen LogP contribution >= 0.6 is 0 Å². The number of aromatic nitrogens is 2. The Morgan fingerprint density at radius 3 is 2.18 bits per heavy atom. The van der Waals surface area contributed by atoms with Crippen molar-refractivity contribution in [1.82, 2.24) is 9.38 Å². The van der Waals surface area contributed by atoms with E-state index in [0.29, 0.717) is 0 Å². The number of hydrogen-bond acceptors (Lipinski definition) is 2. The van der Waals surface area contributed by atoms with Gasteiger partial charge in [-0.15, -0.1) is 0 Å². The first-order chi connectivity index (χ1) is 18.8. The highest BCUT2D eigenvalue weighted by atomic mass is 16.5. The highest BCUT2D eigenvalue weighted by molar-refractivity contribution is 6.10. The van der Waals surface area contributed by atoms with Gasteiger partial charge in [-0.2, -0.15) is 0 Å². The molecule has 38 heavy (non-hydrogen) atoms. The Morgan fingerprint density at radius 1 is 0.526 bits per heavy atom. The number of rotatable bonds is 3. The Labute approximate surface area is 220 Å². The zero-order chi connectivity index (χ0) is 25.1. The Hall–Kier alpha value is -5.15. The highest BCUT2D eigenvalue weighted by Crippen LogP contribution is 2.49. The first kappa shape index (κ1) is 21.0. The molecular formula is C35H22N2O. The van der Waals surface area contributed by atoms with E-state index in [0.717, 1.165) is 44.9 Å². The summed E-state index contributed by atoms with van der Waals surface area (Å²) in [6.07, 6.45) is 4.10. The van der Waals surface area contributed by atoms with Crippen molar-refractivity contribution in [3.05, 3.63) is 134 Å². The first-order valence-corrected chi connectivity index (χ1v) is 12.8. The molecule has 0 fully saturated rings. The highest BCUT2D eigenvalue weighted by Gasteiger charge is 2.22. The van der Waals surface area contributed by atoms with E-state index in [1.807, 2.05) is 30.5 Å². The zero-order valence-electron chi connectivity index (χ0n) is 20.5. The Bertz CT molecular complexity index is 1950. The van der Waals surface area contributed by atoms with Crippen LogP contribution in [0.25, 0.3) is 61.1 Å². The molecule has 8 rings (SSSR count). The molecule has 0 amide bonds. The summed E-state index contributed by atoms with van der Waals surface area (Å²) in [4.78, 5) is 4.77. The van der Waals surface area contributed by atoms with Crippen molar-refractivity contribution >= 4 is 16.4 Å². The molecule has 3 heterocycles. The maximum absolute atomic E-state index is 6.50. The fraction of sp³-hybridized carbons (Fsp3) is 0. The second-order valence-corrected chi connectivity index (χ2v) is 9.69. The summed E-state index contributed by atoms with van der Waals surface area (Å²) >= 11 is 0. The van der Waals surface area contributed by atoms with E-state index in [9.17, 15) is 0 Å². The van der Waals surface area contributed by atoms with Crippen molar-refractivity contribution in [2.24, 2.45) is 0 Å². The van der Waals surface area contributed by atoms with E-state index in [1.165, 1.54) is 27.6 Å². The van der Waals surface area contributed by atoms with Crippen molar-refractivity contribution in [3.8, 4) is 56.1 Å². The summed E-state index contributed by atoms with van der Waals surface area (Å²) in [5.74, 6) is 1.80. The average molecular weight is 487 g/mol. The van der Waals surface area contributed by atoms with Gasteiger partial charge in [0.2, 0.25) is 0 Å². The maximum atomic E-state index is 6.50. The summed E-state index contributed by atoms with van der Waals surface area (Å²) in [6, 6.07) is 42.5. The van der Waals surface area contributed by atoms with Crippen LogP contribution < -0.4 is 4.74 Å². The zero-order valence-corrected chi connectivity index (χ0v) is 20.5. The third-order valence-corrected chi connectivity index (χ3v) is 7.46. The van der Waals surface area contributed by atoms with E-state index in [1.54, 1.807) is 0 Å². The van der Waals surface area contributed by atoms with Gasteiger partial charge in [0.25, 0.3) is 0 Å². The lowest BCUT2D eigenvalue weighted by Crippen LogP contribution is -1.98. The topological polar surface area (TPSA) is 26.5 Å². The molecule has 7 aromatic rings.